The molecule has 0 aliphatic carbocycles. The Balaban J connectivity index is 1.95. The van der Waals surface area contributed by atoms with Crippen LogP contribution in [-0.2, 0) is 0 Å². The number of aryl methyl sites for hydroxylation is 2. The molecule has 0 atom stereocenters. The molecule has 0 bridgehead atoms. The topological polar surface area (TPSA) is 97.6 Å². The third-order valence-corrected chi connectivity index (χ3v) is 5.15. The molecule has 162 valence electrons. The number of rotatable bonds is 5. The summed E-state index contributed by atoms with van der Waals surface area (Å²) in [6.07, 6.45) is 0. The van der Waals surface area contributed by atoms with E-state index in [4.69, 9.17) is 9.47 Å². The van der Waals surface area contributed by atoms with E-state index in [1.54, 1.807) is 24.3 Å². The predicted octanol–water partition coefficient (Wildman–Crippen LogP) is 4.92. The Bertz CT molecular complexity index is 1230. The number of aromatic nitrogens is 3. The SMILES string of the molecule is COc1ccc(-c2nc(-c3ccc(C)cc3C)nc(-c3ccc(OC)cc3O)n2)c(O)c1. The van der Waals surface area contributed by atoms with Crippen LogP contribution in [-0.4, -0.2) is 39.4 Å². The average molecular weight is 429 g/mol. The van der Waals surface area contributed by atoms with E-state index in [-0.39, 0.29) is 23.1 Å². The molecular weight excluding hydrogens is 406 g/mol. The zero-order chi connectivity index (χ0) is 22.8. The van der Waals surface area contributed by atoms with Crippen molar-refractivity contribution in [2.24, 2.45) is 0 Å². The highest BCUT2D eigenvalue weighted by Gasteiger charge is 2.18. The summed E-state index contributed by atoms with van der Waals surface area (Å²) in [5.41, 5.74) is 3.82. The van der Waals surface area contributed by atoms with Gasteiger partial charge in [-0.25, -0.2) is 15.0 Å². The van der Waals surface area contributed by atoms with Crippen LogP contribution in [0.2, 0.25) is 0 Å². The molecule has 0 radical (unpaired) electrons. The molecule has 0 amide bonds. The molecule has 0 aliphatic heterocycles. The summed E-state index contributed by atoms with van der Waals surface area (Å²) >= 11 is 0. The van der Waals surface area contributed by atoms with Crippen LogP contribution in [0.3, 0.4) is 0 Å². The van der Waals surface area contributed by atoms with Gasteiger partial charge in [0.05, 0.1) is 25.3 Å². The Kier molecular flexibility index (Phi) is 5.64. The lowest BCUT2D eigenvalue weighted by molar-refractivity contribution is 0.408. The fourth-order valence-electron chi connectivity index (χ4n) is 3.46. The van der Waals surface area contributed by atoms with Crippen molar-refractivity contribution >= 4 is 0 Å². The van der Waals surface area contributed by atoms with Gasteiger partial charge < -0.3 is 19.7 Å². The maximum absolute atomic E-state index is 10.6. The molecule has 0 saturated carbocycles. The first-order chi connectivity index (χ1) is 15.4. The lowest BCUT2D eigenvalue weighted by Crippen LogP contribution is -2.01. The second kappa shape index (κ2) is 8.55. The van der Waals surface area contributed by atoms with E-state index in [2.05, 4.69) is 15.0 Å². The number of methoxy groups -OCH3 is 2. The standard InChI is InChI=1S/C25H23N3O4/c1-14-5-8-18(15(2)11-14)23-26-24(19-9-6-16(31-3)12-21(19)29)28-25(27-23)20-10-7-17(32-4)13-22(20)30/h5-13,29-30H,1-4H3. The van der Waals surface area contributed by atoms with Crippen molar-refractivity contribution in [3.05, 3.63) is 65.7 Å². The number of benzene rings is 3. The van der Waals surface area contributed by atoms with Crippen molar-refractivity contribution < 1.29 is 19.7 Å². The van der Waals surface area contributed by atoms with Gasteiger partial charge in [0.15, 0.2) is 17.5 Å². The van der Waals surface area contributed by atoms with E-state index in [0.29, 0.717) is 28.5 Å². The molecule has 32 heavy (non-hydrogen) atoms. The van der Waals surface area contributed by atoms with E-state index in [9.17, 15) is 10.2 Å². The fraction of sp³-hybridized carbons (Fsp3) is 0.160. The van der Waals surface area contributed by atoms with Crippen molar-refractivity contribution in [3.8, 4) is 57.2 Å². The Morgan fingerprint density at radius 3 is 1.44 bits per heavy atom. The van der Waals surface area contributed by atoms with Gasteiger partial charge in [-0.05, 0) is 43.7 Å². The van der Waals surface area contributed by atoms with Crippen molar-refractivity contribution in [2.75, 3.05) is 14.2 Å². The Labute approximate surface area is 186 Å². The van der Waals surface area contributed by atoms with E-state index in [1.807, 2.05) is 32.0 Å². The second-order valence-corrected chi connectivity index (χ2v) is 7.39. The number of hydrogen-bond acceptors (Lipinski definition) is 7. The number of phenolic OH excluding ortho intramolecular Hbond substituents is 2. The largest absolute Gasteiger partial charge is 0.507 e. The van der Waals surface area contributed by atoms with Gasteiger partial charge >= 0.3 is 0 Å². The van der Waals surface area contributed by atoms with E-state index < -0.39 is 0 Å². The maximum atomic E-state index is 10.6. The van der Waals surface area contributed by atoms with Crippen LogP contribution in [0.25, 0.3) is 34.2 Å². The summed E-state index contributed by atoms with van der Waals surface area (Å²) in [6, 6.07) is 15.8. The summed E-state index contributed by atoms with van der Waals surface area (Å²) in [4.78, 5) is 13.8. The summed E-state index contributed by atoms with van der Waals surface area (Å²) in [6.45, 7) is 4.01. The van der Waals surface area contributed by atoms with Crippen LogP contribution in [0.15, 0.2) is 54.6 Å². The van der Waals surface area contributed by atoms with E-state index in [0.717, 1.165) is 16.7 Å². The minimum Gasteiger partial charge on any atom is -0.507 e. The van der Waals surface area contributed by atoms with Crippen molar-refractivity contribution in [1.82, 2.24) is 15.0 Å². The van der Waals surface area contributed by atoms with Crippen LogP contribution in [0.1, 0.15) is 11.1 Å². The van der Waals surface area contributed by atoms with Gasteiger partial charge in [0.25, 0.3) is 0 Å². The van der Waals surface area contributed by atoms with Gasteiger partial charge in [0.1, 0.15) is 23.0 Å². The third kappa shape index (κ3) is 4.05. The normalized spacial score (nSPS) is 10.8. The monoisotopic (exact) mass is 429 g/mol. The molecule has 2 N–H and O–H groups in total. The van der Waals surface area contributed by atoms with Gasteiger partial charge in [-0.2, -0.15) is 0 Å². The van der Waals surface area contributed by atoms with Gasteiger partial charge in [-0.15, -0.1) is 0 Å². The Hall–Kier alpha value is -4.13. The fourth-order valence-corrected chi connectivity index (χ4v) is 3.46. The van der Waals surface area contributed by atoms with Crippen molar-refractivity contribution in [3.63, 3.8) is 0 Å². The molecule has 0 unspecified atom stereocenters. The van der Waals surface area contributed by atoms with E-state index in [1.165, 1.54) is 26.4 Å². The first kappa shape index (κ1) is 21.1. The highest BCUT2D eigenvalue weighted by atomic mass is 16.5. The van der Waals surface area contributed by atoms with E-state index >= 15 is 0 Å². The quantitative estimate of drug-likeness (QED) is 0.465. The predicted molar refractivity (Wildman–Crippen MR) is 122 cm³/mol. The van der Waals surface area contributed by atoms with Gasteiger partial charge in [0.2, 0.25) is 0 Å². The smallest absolute Gasteiger partial charge is 0.167 e. The summed E-state index contributed by atoms with van der Waals surface area (Å²) < 4.78 is 10.4. The third-order valence-electron chi connectivity index (χ3n) is 5.15. The van der Waals surface area contributed by atoms with Crippen LogP contribution in [0.5, 0.6) is 23.0 Å². The number of ether oxygens (including phenoxy) is 2. The molecule has 0 saturated heterocycles. The summed E-state index contributed by atoms with van der Waals surface area (Å²) in [5, 5.41) is 21.1. The molecule has 3 aromatic carbocycles. The van der Waals surface area contributed by atoms with Crippen LogP contribution < -0.4 is 9.47 Å². The molecular formula is C25H23N3O4. The minimum absolute atomic E-state index is 0.0213. The second-order valence-electron chi connectivity index (χ2n) is 7.39. The first-order valence-corrected chi connectivity index (χ1v) is 9.98. The van der Waals surface area contributed by atoms with Gasteiger partial charge in [-0.1, -0.05) is 23.8 Å². The highest BCUT2D eigenvalue weighted by molar-refractivity contribution is 5.73. The molecule has 1 heterocycles. The van der Waals surface area contributed by atoms with Crippen LogP contribution in [0, 0.1) is 13.8 Å². The molecule has 0 fully saturated rings. The number of nitrogens with zero attached hydrogens (tertiary/aromatic N) is 3. The highest BCUT2D eigenvalue weighted by Crippen LogP contribution is 2.35. The lowest BCUT2D eigenvalue weighted by atomic mass is 10.0. The van der Waals surface area contributed by atoms with Crippen molar-refractivity contribution in [2.45, 2.75) is 13.8 Å². The maximum Gasteiger partial charge on any atom is 0.167 e. The van der Waals surface area contributed by atoms with Crippen LogP contribution in [0.4, 0.5) is 0 Å². The molecule has 4 aromatic rings. The molecule has 0 spiro atoms. The molecule has 7 nitrogen and oxygen atoms in total. The molecule has 0 aliphatic rings. The lowest BCUT2D eigenvalue weighted by Gasteiger charge is -2.12. The average Bonchev–Trinajstić information content (AvgIpc) is 2.78. The minimum atomic E-state index is -0.0213. The molecule has 1 aromatic heterocycles. The first-order valence-electron chi connectivity index (χ1n) is 9.98. The zero-order valence-corrected chi connectivity index (χ0v) is 18.2. The van der Waals surface area contributed by atoms with Gasteiger partial charge in [0, 0.05) is 17.7 Å². The zero-order valence-electron chi connectivity index (χ0n) is 18.2. The Morgan fingerprint density at radius 1 is 0.594 bits per heavy atom. The van der Waals surface area contributed by atoms with Crippen molar-refractivity contribution in [1.29, 1.82) is 0 Å². The number of aromatic hydroxyl groups is 2. The summed E-state index contributed by atoms with van der Waals surface area (Å²) in [7, 11) is 3.06. The molecule has 4 rings (SSSR count). The number of hydrogen-bond donors (Lipinski definition) is 2. The number of phenols is 2. The molecule has 7 heteroatoms. The van der Waals surface area contributed by atoms with Gasteiger partial charge in [-0.3, -0.25) is 0 Å². The summed E-state index contributed by atoms with van der Waals surface area (Å²) in [5.74, 6) is 1.98. The Morgan fingerprint density at radius 2 is 1.03 bits per heavy atom. The van der Waals surface area contributed by atoms with Crippen LogP contribution >= 0.6 is 0 Å².